The van der Waals surface area contributed by atoms with E-state index in [0.717, 1.165) is 5.75 Å². The Labute approximate surface area is 145 Å². The molecule has 8 heteroatoms. The van der Waals surface area contributed by atoms with Crippen LogP contribution in [0.15, 0.2) is 29.4 Å². The molecule has 0 bridgehead atoms. The van der Waals surface area contributed by atoms with Crippen LogP contribution in [-0.4, -0.2) is 40.2 Å². The van der Waals surface area contributed by atoms with Crippen LogP contribution in [0.1, 0.15) is 19.7 Å². The number of hydrogen-bond donors (Lipinski definition) is 0. The van der Waals surface area contributed by atoms with E-state index < -0.39 is 0 Å². The van der Waals surface area contributed by atoms with Crippen molar-refractivity contribution in [2.75, 3.05) is 14.2 Å². The van der Waals surface area contributed by atoms with Gasteiger partial charge in [0.2, 0.25) is 0 Å². The Kier molecular flexibility index (Phi) is 6.48. The molecular weight excluding hydrogens is 330 g/mol. The minimum atomic E-state index is -0.350. The van der Waals surface area contributed by atoms with Gasteiger partial charge in [-0.15, -0.1) is 10.2 Å². The normalized spacial score (nSPS) is 11.8. The quantitative estimate of drug-likeness (QED) is 0.534. The van der Waals surface area contributed by atoms with Crippen molar-refractivity contribution in [1.29, 1.82) is 0 Å². The summed E-state index contributed by atoms with van der Waals surface area (Å²) >= 11 is 1.32. The van der Waals surface area contributed by atoms with Gasteiger partial charge in [-0.2, -0.15) is 0 Å². The minimum Gasteiger partial charge on any atom is -0.497 e. The van der Waals surface area contributed by atoms with Crippen LogP contribution < -0.4 is 9.47 Å². The van der Waals surface area contributed by atoms with E-state index in [0.29, 0.717) is 23.3 Å². The van der Waals surface area contributed by atoms with Gasteiger partial charge in [-0.05, 0) is 26.0 Å². The summed E-state index contributed by atoms with van der Waals surface area (Å²) < 4.78 is 17.6. The molecule has 0 saturated heterocycles. The summed E-state index contributed by atoms with van der Waals surface area (Å²) in [5.41, 5.74) is 0. The van der Waals surface area contributed by atoms with E-state index in [1.165, 1.54) is 18.9 Å². The Balaban J connectivity index is 2.06. The van der Waals surface area contributed by atoms with Crippen LogP contribution in [0.25, 0.3) is 0 Å². The van der Waals surface area contributed by atoms with Crippen molar-refractivity contribution in [1.82, 2.24) is 14.8 Å². The van der Waals surface area contributed by atoms with Gasteiger partial charge in [-0.3, -0.25) is 4.79 Å². The molecule has 1 atom stereocenters. The van der Waals surface area contributed by atoms with Gasteiger partial charge in [0.1, 0.15) is 23.4 Å². The Hall–Kier alpha value is -2.22. The molecule has 0 aliphatic carbocycles. The van der Waals surface area contributed by atoms with Crippen LogP contribution >= 0.6 is 11.8 Å². The molecule has 24 heavy (non-hydrogen) atoms. The van der Waals surface area contributed by atoms with Gasteiger partial charge in [0.25, 0.3) is 0 Å². The number of aromatic nitrogens is 3. The van der Waals surface area contributed by atoms with Gasteiger partial charge >= 0.3 is 5.97 Å². The van der Waals surface area contributed by atoms with E-state index in [9.17, 15) is 4.79 Å². The van der Waals surface area contributed by atoms with Crippen molar-refractivity contribution in [2.24, 2.45) is 0 Å². The van der Waals surface area contributed by atoms with Crippen molar-refractivity contribution >= 4 is 17.7 Å². The minimum absolute atomic E-state index is 0.279. The zero-order valence-corrected chi connectivity index (χ0v) is 15.0. The topological polar surface area (TPSA) is 75.5 Å². The lowest BCUT2D eigenvalue weighted by atomic mass is 10.3. The molecule has 0 spiro atoms. The molecule has 0 N–H and O–H groups in total. The van der Waals surface area contributed by atoms with E-state index in [2.05, 4.69) is 10.2 Å². The second-order valence-corrected chi connectivity index (χ2v) is 6.20. The fraction of sp³-hybridized carbons (Fsp3) is 0.438. The Morgan fingerprint density at radius 2 is 2.04 bits per heavy atom. The number of thioether (sulfide) groups is 1. The van der Waals surface area contributed by atoms with Crippen LogP contribution in [0.5, 0.6) is 11.5 Å². The van der Waals surface area contributed by atoms with Gasteiger partial charge in [0.05, 0.1) is 14.2 Å². The lowest BCUT2D eigenvalue weighted by Gasteiger charge is -2.11. The van der Waals surface area contributed by atoms with Crippen molar-refractivity contribution in [3.05, 3.63) is 30.1 Å². The molecule has 0 unspecified atom stereocenters. The van der Waals surface area contributed by atoms with Crippen molar-refractivity contribution in [2.45, 2.75) is 37.4 Å². The molecule has 0 aliphatic rings. The smallest absolute Gasteiger partial charge is 0.318 e. The zero-order valence-electron chi connectivity index (χ0n) is 14.2. The highest BCUT2D eigenvalue weighted by Gasteiger charge is 2.20. The molecule has 2 aromatic rings. The van der Waals surface area contributed by atoms with E-state index in [4.69, 9.17) is 14.2 Å². The highest BCUT2D eigenvalue weighted by Crippen LogP contribution is 2.24. The van der Waals surface area contributed by atoms with Crippen LogP contribution in [0.2, 0.25) is 0 Å². The van der Waals surface area contributed by atoms with Crippen molar-refractivity contribution in [3.63, 3.8) is 0 Å². The molecular formula is C16H21N3O4S. The molecule has 1 aromatic heterocycles. The Morgan fingerprint density at radius 3 is 2.71 bits per heavy atom. The number of ether oxygens (including phenoxy) is 3. The second-order valence-electron chi connectivity index (χ2n) is 4.89. The van der Waals surface area contributed by atoms with Gasteiger partial charge in [0, 0.05) is 12.6 Å². The molecule has 0 aliphatic heterocycles. The maximum atomic E-state index is 11.6. The predicted octanol–water partition coefficient (Wildman–Crippen LogP) is 2.54. The first-order valence-electron chi connectivity index (χ1n) is 7.52. The highest BCUT2D eigenvalue weighted by atomic mass is 32.2. The lowest BCUT2D eigenvalue weighted by Crippen LogP contribution is -2.16. The van der Waals surface area contributed by atoms with Gasteiger partial charge in [-0.1, -0.05) is 17.8 Å². The second kappa shape index (κ2) is 8.58. The van der Waals surface area contributed by atoms with Crippen LogP contribution in [-0.2, 0) is 22.7 Å². The monoisotopic (exact) mass is 351 g/mol. The number of nitrogens with zero attached hydrogens (tertiary/aromatic N) is 3. The van der Waals surface area contributed by atoms with Crippen LogP contribution in [0.4, 0.5) is 0 Å². The lowest BCUT2D eigenvalue weighted by molar-refractivity contribution is -0.139. The van der Waals surface area contributed by atoms with Crippen LogP contribution in [0.3, 0.4) is 0 Å². The maximum absolute atomic E-state index is 11.6. The SMILES string of the molecule is CCn1c(COc2cccc(OC)c2)nnc1S[C@H](C)C(=O)OC. The third kappa shape index (κ3) is 4.41. The number of carbonyl (C=O) groups excluding carboxylic acids is 1. The molecule has 2 rings (SSSR count). The first-order chi connectivity index (χ1) is 11.6. The standard InChI is InChI=1S/C16H21N3O4S/c1-5-19-14(10-23-13-8-6-7-12(9-13)21-3)17-18-16(19)24-11(2)15(20)22-4/h6-9,11H,5,10H2,1-4H3/t11-/m1/s1. The molecule has 0 fully saturated rings. The van der Waals surface area contributed by atoms with E-state index in [-0.39, 0.29) is 17.8 Å². The molecule has 0 amide bonds. The van der Waals surface area contributed by atoms with Crippen molar-refractivity contribution in [3.8, 4) is 11.5 Å². The number of rotatable bonds is 8. The first kappa shape index (κ1) is 18.1. The van der Waals surface area contributed by atoms with Gasteiger partial charge < -0.3 is 18.8 Å². The highest BCUT2D eigenvalue weighted by molar-refractivity contribution is 8.00. The summed E-state index contributed by atoms with van der Waals surface area (Å²) in [5, 5.41) is 8.64. The van der Waals surface area contributed by atoms with Gasteiger partial charge in [-0.25, -0.2) is 0 Å². The molecule has 1 heterocycles. The average molecular weight is 351 g/mol. The number of benzene rings is 1. The van der Waals surface area contributed by atoms with Gasteiger partial charge in [0.15, 0.2) is 11.0 Å². The summed E-state index contributed by atoms with van der Waals surface area (Å²) in [5.74, 6) is 1.82. The van der Waals surface area contributed by atoms with E-state index in [1.54, 1.807) is 14.0 Å². The number of carbonyl (C=O) groups is 1. The summed E-state index contributed by atoms with van der Waals surface area (Å²) in [7, 11) is 2.98. The van der Waals surface area contributed by atoms with Crippen molar-refractivity contribution < 1.29 is 19.0 Å². The first-order valence-corrected chi connectivity index (χ1v) is 8.40. The number of esters is 1. The molecule has 0 radical (unpaired) electrons. The third-order valence-corrected chi connectivity index (χ3v) is 4.39. The Morgan fingerprint density at radius 1 is 1.29 bits per heavy atom. The zero-order chi connectivity index (χ0) is 17.5. The summed E-state index contributed by atoms with van der Waals surface area (Å²) in [6, 6.07) is 7.37. The molecule has 0 saturated carbocycles. The molecule has 7 nitrogen and oxygen atoms in total. The average Bonchev–Trinajstić information content (AvgIpc) is 3.00. The fourth-order valence-corrected chi connectivity index (χ4v) is 3.00. The van der Waals surface area contributed by atoms with E-state index >= 15 is 0 Å². The predicted molar refractivity (Wildman–Crippen MR) is 90.4 cm³/mol. The Bertz CT molecular complexity index is 690. The molecule has 130 valence electrons. The fourth-order valence-electron chi connectivity index (χ4n) is 2.04. The maximum Gasteiger partial charge on any atom is 0.318 e. The largest absolute Gasteiger partial charge is 0.497 e. The summed E-state index contributed by atoms with van der Waals surface area (Å²) in [4.78, 5) is 11.6. The summed E-state index contributed by atoms with van der Waals surface area (Å²) in [6.45, 7) is 4.73. The molecule has 1 aromatic carbocycles. The third-order valence-electron chi connectivity index (χ3n) is 3.33. The summed E-state index contributed by atoms with van der Waals surface area (Å²) in [6.07, 6.45) is 0. The number of hydrogen-bond acceptors (Lipinski definition) is 7. The van der Waals surface area contributed by atoms with E-state index in [1.807, 2.05) is 35.8 Å². The number of methoxy groups -OCH3 is 2. The van der Waals surface area contributed by atoms with Crippen LogP contribution in [0, 0.1) is 0 Å².